The maximum atomic E-state index is 11.1. The zero-order valence-corrected chi connectivity index (χ0v) is 9.26. The van der Waals surface area contributed by atoms with Crippen molar-refractivity contribution in [2.24, 2.45) is 0 Å². The monoisotopic (exact) mass is 268 g/mol. The summed E-state index contributed by atoms with van der Waals surface area (Å²) in [6.45, 7) is 0. The first-order chi connectivity index (χ1) is 7.05. The lowest BCUT2D eigenvalue weighted by atomic mass is 10.2. The number of allylic oxidation sites excluding steroid dienone is 4. The van der Waals surface area contributed by atoms with Gasteiger partial charge in [0, 0.05) is 0 Å². The van der Waals surface area contributed by atoms with Crippen LogP contribution in [0.25, 0.3) is 0 Å². The van der Waals surface area contributed by atoms with Gasteiger partial charge in [0.25, 0.3) is 0 Å². The molecular weight excluding hydrogens is 262 g/mol. The van der Waals surface area contributed by atoms with E-state index in [0.29, 0.717) is 12.2 Å². The van der Waals surface area contributed by atoms with Gasteiger partial charge < -0.3 is 19.6 Å². The summed E-state index contributed by atoms with van der Waals surface area (Å²) in [5.74, 6) is -2.57. The average molecular weight is 268 g/mol. The van der Waals surface area contributed by atoms with E-state index in [1.807, 2.05) is 0 Å². The maximum absolute atomic E-state index is 11.1. The van der Waals surface area contributed by atoms with E-state index in [4.69, 9.17) is 19.6 Å². The minimum Gasteiger partial charge on any atom is -0.321 e. The van der Waals surface area contributed by atoms with Crippen molar-refractivity contribution < 1.29 is 38.3 Å². The summed E-state index contributed by atoms with van der Waals surface area (Å²) < 4.78 is 21.8. The molecule has 0 unspecified atom stereocenters. The summed E-state index contributed by atoms with van der Waals surface area (Å²) in [5, 5.41) is -2.87. The minimum absolute atomic E-state index is 0.552. The lowest BCUT2D eigenvalue weighted by Crippen LogP contribution is -2.15. The predicted octanol–water partition coefficient (Wildman–Crippen LogP) is -0.739. The van der Waals surface area contributed by atoms with Gasteiger partial charge in [-0.05, 0) is 12.2 Å². The molecule has 0 fully saturated rings. The van der Waals surface area contributed by atoms with Crippen LogP contribution in [0.4, 0.5) is 0 Å². The van der Waals surface area contributed by atoms with Crippen molar-refractivity contribution in [3.05, 3.63) is 22.8 Å². The third kappa shape index (κ3) is 2.44. The Morgan fingerprint density at radius 2 is 1.00 bits per heavy atom. The molecule has 0 heterocycles. The van der Waals surface area contributed by atoms with Gasteiger partial charge in [-0.15, -0.1) is 0 Å². The first kappa shape index (κ1) is 13.2. The Kier molecular flexibility index (Phi) is 3.17. The Balaban J connectivity index is 3.65. The topological polar surface area (TPSA) is 149 Å². The fourth-order valence-electron chi connectivity index (χ4n) is 1.11. The van der Waals surface area contributed by atoms with Crippen molar-refractivity contribution in [2.45, 2.75) is 0 Å². The largest absolute Gasteiger partial charge is 0.361 e. The second kappa shape index (κ2) is 3.85. The molecular formula is C6H6O8P2. The molecule has 88 valence electrons. The van der Waals surface area contributed by atoms with Gasteiger partial charge in [0.15, 0.2) is 11.6 Å². The van der Waals surface area contributed by atoms with Crippen LogP contribution in [-0.2, 0) is 18.7 Å². The van der Waals surface area contributed by atoms with Crippen molar-refractivity contribution in [2.75, 3.05) is 0 Å². The molecule has 0 aliphatic heterocycles. The molecule has 0 aromatic heterocycles. The highest BCUT2D eigenvalue weighted by Gasteiger charge is 2.42. The predicted molar refractivity (Wildman–Crippen MR) is 50.3 cm³/mol. The molecule has 0 amide bonds. The summed E-state index contributed by atoms with van der Waals surface area (Å²) in [7, 11) is -10.4. The van der Waals surface area contributed by atoms with Gasteiger partial charge in [0.2, 0.25) is 0 Å². The molecule has 0 spiro atoms. The number of hydrogen-bond donors (Lipinski definition) is 4. The van der Waals surface area contributed by atoms with Gasteiger partial charge in [0.1, 0.15) is 10.6 Å². The van der Waals surface area contributed by atoms with Crippen molar-refractivity contribution >= 4 is 26.8 Å². The molecule has 0 saturated heterocycles. The number of hydrogen-bond acceptors (Lipinski definition) is 4. The summed E-state index contributed by atoms with van der Waals surface area (Å²) in [4.78, 5) is 57.3. The summed E-state index contributed by atoms with van der Waals surface area (Å²) in [6.07, 6.45) is 1.10. The van der Waals surface area contributed by atoms with Crippen molar-refractivity contribution in [3.63, 3.8) is 0 Å². The molecule has 1 aliphatic rings. The first-order valence-electron chi connectivity index (χ1n) is 3.68. The van der Waals surface area contributed by atoms with Crippen LogP contribution < -0.4 is 0 Å². The van der Waals surface area contributed by atoms with E-state index < -0.39 is 37.4 Å². The van der Waals surface area contributed by atoms with E-state index in [9.17, 15) is 18.7 Å². The third-order valence-electron chi connectivity index (χ3n) is 1.66. The van der Waals surface area contributed by atoms with Crippen LogP contribution in [0, 0.1) is 0 Å². The van der Waals surface area contributed by atoms with Crippen molar-refractivity contribution in [1.82, 2.24) is 0 Å². The van der Waals surface area contributed by atoms with Gasteiger partial charge in [-0.1, -0.05) is 0 Å². The van der Waals surface area contributed by atoms with E-state index in [-0.39, 0.29) is 0 Å². The highest BCUT2D eigenvalue weighted by molar-refractivity contribution is 7.63. The molecule has 10 heteroatoms. The molecule has 16 heavy (non-hydrogen) atoms. The molecule has 0 radical (unpaired) electrons. The highest BCUT2D eigenvalue weighted by atomic mass is 31.2. The second-order valence-electron chi connectivity index (χ2n) is 2.85. The third-order valence-corrected chi connectivity index (χ3v) is 3.89. The number of rotatable bonds is 2. The van der Waals surface area contributed by atoms with Crippen LogP contribution >= 0.6 is 15.2 Å². The Hall–Kier alpha value is -0.880. The fraction of sp³-hybridized carbons (Fsp3) is 0. The lowest BCUT2D eigenvalue weighted by Gasteiger charge is -2.15. The molecule has 0 saturated carbocycles. The lowest BCUT2D eigenvalue weighted by molar-refractivity contribution is -0.114. The quantitative estimate of drug-likeness (QED) is 0.378. The summed E-state index contributed by atoms with van der Waals surface area (Å²) in [5.41, 5.74) is 0. The molecule has 4 N–H and O–H groups in total. The normalized spacial score (nSPS) is 18.2. The van der Waals surface area contributed by atoms with Crippen LogP contribution in [0.3, 0.4) is 0 Å². The van der Waals surface area contributed by atoms with Gasteiger partial charge in [-0.2, -0.15) is 0 Å². The molecule has 1 rings (SSSR count). The smallest absolute Gasteiger partial charge is 0.321 e. The van der Waals surface area contributed by atoms with Crippen molar-refractivity contribution in [1.29, 1.82) is 0 Å². The average Bonchev–Trinajstić information content (AvgIpc) is 2.04. The minimum atomic E-state index is -5.22. The molecule has 0 atom stereocenters. The van der Waals surface area contributed by atoms with E-state index in [2.05, 4.69) is 0 Å². The maximum Gasteiger partial charge on any atom is 0.361 e. The van der Waals surface area contributed by atoms with Crippen LogP contribution in [0.2, 0.25) is 0 Å². The van der Waals surface area contributed by atoms with Crippen molar-refractivity contribution in [3.8, 4) is 0 Å². The molecule has 8 nitrogen and oxygen atoms in total. The molecule has 1 aliphatic carbocycles. The Labute approximate surface area is 88.6 Å². The SMILES string of the molecule is O=C1C=CC(=O)C(P(=O)(O)O)=C1P(=O)(O)O. The van der Waals surface area contributed by atoms with E-state index >= 15 is 0 Å². The Bertz CT molecular complexity index is 469. The van der Waals surface area contributed by atoms with E-state index in [0.717, 1.165) is 0 Å². The summed E-state index contributed by atoms with van der Waals surface area (Å²) in [6, 6.07) is 0. The molecule has 0 bridgehead atoms. The summed E-state index contributed by atoms with van der Waals surface area (Å²) >= 11 is 0. The van der Waals surface area contributed by atoms with Crippen LogP contribution in [0.1, 0.15) is 0 Å². The number of carbonyl (C=O) groups is 2. The second-order valence-corrected chi connectivity index (χ2v) is 5.92. The van der Waals surface area contributed by atoms with Crippen LogP contribution in [0.15, 0.2) is 22.8 Å². The van der Waals surface area contributed by atoms with Gasteiger partial charge in [-0.3, -0.25) is 18.7 Å². The zero-order valence-electron chi connectivity index (χ0n) is 7.47. The standard InChI is InChI=1S/C6H6O8P2/c7-3-1-2-4(8)6(16(12,13)14)5(3)15(9,10)11/h1-2H,(H2,9,10,11)(H2,12,13,14). The highest BCUT2D eigenvalue weighted by Crippen LogP contribution is 2.57. The van der Waals surface area contributed by atoms with Gasteiger partial charge >= 0.3 is 15.2 Å². The van der Waals surface area contributed by atoms with Crippen LogP contribution in [0.5, 0.6) is 0 Å². The Morgan fingerprint density at radius 3 is 1.19 bits per heavy atom. The number of carbonyl (C=O) groups excluding carboxylic acids is 2. The fourth-order valence-corrected chi connectivity index (χ4v) is 3.38. The van der Waals surface area contributed by atoms with Crippen LogP contribution in [-0.4, -0.2) is 31.1 Å². The van der Waals surface area contributed by atoms with E-state index in [1.165, 1.54) is 0 Å². The van der Waals surface area contributed by atoms with E-state index in [1.54, 1.807) is 0 Å². The van der Waals surface area contributed by atoms with Gasteiger partial charge in [-0.25, -0.2) is 0 Å². The Morgan fingerprint density at radius 1 is 0.750 bits per heavy atom. The van der Waals surface area contributed by atoms with Gasteiger partial charge in [0.05, 0.1) is 0 Å². The first-order valence-corrected chi connectivity index (χ1v) is 6.91. The zero-order chi connectivity index (χ0) is 12.7. The molecule has 0 aromatic carbocycles. The number of ketones is 2. The molecule has 0 aromatic rings.